The third-order valence-electron chi connectivity index (χ3n) is 4.27. The highest BCUT2D eigenvalue weighted by Crippen LogP contribution is 2.26. The van der Waals surface area contributed by atoms with Crippen LogP contribution in [0.3, 0.4) is 0 Å². The van der Waals surface area contributed by atoms with E-state index in [0.717, 1.165) is 5.56 Å². The van der Waals surface area contributed by atoms with E-state index in [1.807, 2.05) is 6.92 Å². The number of anilines is 1. The molecule has 0 radical (unpaired) electrons. The number of nitrogens with zero attached hydrogens (tertiary/aromatic N) is 1. The fourth-order valence-corrected chi connectivity index (χ4v) is 5.43. The molecule has 1 amide bonds. The van der Waals surface area contributed by atoms with E-state index in [-0.39, 0.29) is 18.2 Å². The van der Waals surface area contributed by atoms with Gasteiger partial charge in [-0.15, -0.1) is 0 Å². The molecule has 2 atom stereocenters. The quantitative estimate of drug-likeness (QED) is 0.734. The predicted molar refractivity (Wildman–Crippen MR) is 106 cm³/mol. The normalized spacial score (nSPS) is 19.9. The van der Waals surface area contributed by atoms with E-state index in [1.54, 1.807) is 24.5 Å². The summed E-state index contributed by atoms with van der Waals surface area (Å²) in [5.74, 6) is -0.163. The van der Waals surface area contributed by atoms with Gasteiger partial charge in [0.25, 0.3) is 0 Å². The molecule has 0 aliphatic carbocycles. The Labute approximate surface area is 162 Å². The standard InChI is InChI=1S/C17H25ClN2O4S2/c1-3-9-26(23,24)20-8-4-5-14(11-20)17(21)19-16-10-13(12-25(2)22)6-7-15(16)18/h6-7,10,14H,3-5,8-9,11-12H2,1-2H3,(H,19,21). The third kappa shape index (κ3) is 5.77. The fraction of sp³-hybridized carbons (Fsp3) is 0.588. The van der Waals surface area contributed by atoms with E-state index in [0.29, 0.717) is 42.3 Å². The van der Waals surface area contributed by atoms with Crippen molar-refractivity contribution in [2.75, 3.05) is 30.4 Å². The molecule has 9 heteroatoms. The highest BCUT2D eigenvalue weighted by Gasteiger charge is 2.32. The Kier molecular flexibility index (Phi) is 7.63. The summed E-state index contributed by atoms with van der Waals surface area (Å²) in [6, 6.07) is 5.16. The molecule has 26 heavy (non-hydrogen) atoms. The Morgan fingerprint density at radius 2 is 2.15 bits per heavy atom. The molecule has 1 heterocycles. The van der Waals surface area contributed by atoms with Gasteiger partial charge in [0.1, 0.15) is 0 Å². The second-order valence-corrected chi connectivity index (χ2v) is 10.5. The lowest BCUT2D eigenvalue weighted by molar-refractivity contribution is -0.120. The first-order valence-electron chi connectivity index (χ1n) is 8.60. The molecule has 1 N–H and O–H groups in total. The third-order valence-corrected chi connectivity index (χ3v) is 7.38. The number of carbonyl (C=O) groups is 1. The summed E-state index contributed by atoms with van der Waals surface area (Å²) >= 11 is 6.16. The van der Waals surface area contributed by atoms with Gasteiger partial charge in [0, 0.05) is 35.9 Å². The van der Waals surface area contributed by atoms with Gasteiger partial charge in [-0.2, -0.15) is 0 Å². The van der Waals surface area contributed by atoms with Gasteiger partial charge in [-0.1, -0.05) is 24.6 Å². The number of hydrogen-bond donors (Lipinski definition) is 1. The minimum Gasteiger partial charge on any atom is -0.324 e. The predicted octanol–water partition coefficient (Wildman–Crippen LogP) is 2.61. The SMILES string of the molecule is CCCS(=O)(=O)N1CCCC(C(=O)Nc2cc(CS(C)=O)ccc2Cl)C1. The van der Waals surface area contributed by atoms with Crippen molar-refractivity contribution in [3.8, 4) is 0 Å². The highest BCUT2D eigenvalue weighted by atomic mass is 35.5. The van der Waals surface area contributed by atoms with Crippen LogP contribution < -0.4 is 5.32 Å². The molecule has 6 nitrogen and oxygen atoms in total. The van der Waals surface area contributed by atoms with Gasteiger partial charge in [0.2, 0.25) is 15.9 Å². The summed E-state index contributed by atoms with van der Waals surface area (Å²) in [4.78, 5) is 12.6. The molecule has 0 spiro atoms. The van der Waals surface area contributed by atoms with E-state index in [9.17, 15) is 17.4 Å². The minimum absolute atomic E-state index is 0.101. The molecule has 2 unspecified atom stereocenters. The summed E-state index contributed by atoms with van der Waals surface area (Å²) in [6.45, 7) is 2.49. The van der Waals surface area contributed by atoms with Crippen molar-refractivity contribution in [3.63, 3.8) is 0 Å². The molecular weight excluding hydrogens is 396 g/mol. The monoisotopic (exact) mass is 420 g/mol. The van der Waals surface area contributed by atoms with Gasteiger partial charge in [-0.25, -0.2) is 12.7 Å². The van der Waals surface area contributed by atoms with Crippen LogP contribution in [0.5, 0.6) is 0 Å². The van der Waals surface area contributed by atoms with Crippen molar-refractivity contribution in [2.24, 2.45) is 5.92 Å². The first kappa shape index (κ1) is 21.3. The molecular formula is C17H25ClN2O4S2. The zero-order valence-corrected chi connectivity index (χ0v) is 17.4. The van der Waals surface area contributed by atoms with Crippen LogP contribution >= 0.6 is 11.6 Å². The smallest absolute Gasteiger partial charge is 0.228 e. The Hall–Kier alpha value is -0.960. The number of hydrogen-bond acceptors (Lipinski definition) is 4. The molecule has 1 fully saturated rings. The number of nitrogens with one attached hydrogen (secondary N) is 1. The fourth-order valence-electron chi connectivity index (χ4n) is 3.02. The number of rotatable bonds is 7. The van der Waals surface area contributed by atoms with Crippen molar-refractivity contribution in [2.45, 2.75) is 31.9 Å². The van der Waals surface area contributed by atoms with Crippen molar-refractivity contribution in [1.82, 2.24) is 4.31 Å². The second kappa shape index (κ2) is 9.30. The number of carbonyl (C=O) groups excluding carboxylic acids is 1. The van der Waals surface area contributed by atoms with Crippen LogP contribution in [0.1, 0.15) is 31.7 Å². The summed E-state index contributed by atoms with van der Waals surface area (Å²) in [6.07, 6.45) is 3.46. The maximum Gasteiger partial charge on any atom is 0.228 e. The molecule has 2 rings (SSSR count). The first-order chi connectivity index (χ1) is 12.2. The van der Waals surface area contributed by atoms with E-state index >= 15 is 0 Å². The molecule has 0 saturated carbocycles. The van der Waals surface area contributed by atoms with Gasteiger partial charge in [-0.3, -0.25) is 9.00 Å². The molecule has 1 aliphatic rings. The first-order valence-corrected chi connectivity index (χ1v) is 12.3. The molecule has 1 aromatic rings. The maximum atomic E-state index is 12.6. The summed E-state index contributed by atoms with van der Waals surface area (Å²) < 4.78 is 37.3. The van der Waals surface area contributed by atoms with Gasteiger partial charge in [0.05, 0.1) is 22.4 Å². The van der Waals surface area contributed by atoms with Gasteiger partial charge >= 0.3 is 0 Å². The van der Waals surface area contributed by atoms with E-state index in [1.165, 1.54) is 4.31 Å². The van der Waals surface area contributed by atoms with E-state index in [2.05, 4.69) is 5.32 Å². The van der Waals surface area contributed by atoms with Crippen LogP contribution in [0.25, 0.3) is 0 Å². The van der Waals surface area contributed by atoms with Gasteiger partial charge in [0.15, 0.2) is 0 Å². The summed E-state index contributed by atoms with van der Waals surface area (Å²) in [5.41, 5.74) is 1.29. The van der Waals surface area contributed by atoms with Crippen LogP contribution in [0.2, 0.25) is 5.02 Å². The van der Waals surface area contributed by atoms with Crippen LogP contribution in [-0.2, 0) is 31.4 Å². The average Bonchev–Trinajstić information content (AvgIpc) is 2.57. The lowest BCUT2D eigenvalue weighted by Gasteiger charge is -2.31. The van der Waals surface area contributed by atoms with Crippen molar-refractivity contribution >= 4 is 44.0 Å². The molecule has 146 valence electrons. The summed E-state index contributed by atoms with van der Waals surface area (Å²) in [7, 11) is -4.30. The zero-order chi connectivity index (χ0) is 19.3. The molecule has 1 aliphatic heterocycles. The molecule has 0 bridgehead atoms. The Morgan fingerprint density at radius 1 is 1.42 bits per heavy atom. The lowest BCUT2D eigenvalue weighted by atomic mass is 9.98. The van der Waals surface area contributed by atoms with Crippen LogP contribution in [0.15, 0.2) is 18.2 Å². The van der Waals surface area contributed by atoms with E-state index < -0.39 is 26.7 Å². The highest BCUT2D eigenvalue weighted by molar-refractivity contribution is 7.89. The number of piperidine rings is 1. The van der Waals surface area contributed by atoms with E-state index in [4.69, 9.17) is 11.6 Å². The maximum absolute atomic E-state index is 12.6. The zero-order valence-electron chi connectivity index (χ0n) is 15.0. The van der Waals surface area contributed by atoms with Gasteiger partial charge in [-0.05, 0) is 37.0 Å². The number of amides is 1. The number of sulfonamides is 1. The number of benzene rings is 1. The molecule has 0 aromatic heterocycles. The van der Waals surface area contributed by atoms with Gasteiger partial charge < -0.3 is 5.32 Å². The van der Waals surface area contributed by atoms with Crippen molar-refractivity contribution in [1.29, 1.82) is 0 Å². The van der Waals surface area contributed by atoms with Crippen molar-refractivity contribution < 1.29 is 17.4 Å². The van der Waals surface area contributed by atoms with Crippen LogP contribution in [0, 0.1) is 5.92 Å². The Balaban J connectivity index is 2.08. The second-order valence-electron chi connectivity index (χ2n) is 6.53. The Morgan fingerprint density at radius 3 is 2.81 bits per heavy atom. The Bertz CT molecular complexity index is 783. The lowest BCUT2D eigenvalue weighted by Crippen LogP contribution is -2.44. The van der Waals surface area contributed by atoms with Crippen LogP contribution in [0.4, 0.5) is 5.69 Å². The minimum atomic E-state index is -3.31. The molecule has 1 saturated heterocycles. The molecule has 1 aromatic carbocycles. The largest absolute Gasteiger partial charge is 0.324 e. The average molecular weight is 421 g/mol. The van der Waals surface area contributed by atoms with Crippen molar-refractivity contribution in [3.05, 3.63) is 28.8 Å². The van der Waals surface area contributed by atoms with Crippen LogP contribution in [-0.4, -0.2) is 47.9 Å². The summed E-state index contributed by atoms with van der Waals surface area (Å²) in [5, 5.41) is 3.20. The topological polar surface area (TPSA) is 83.6 Å². The number of halogens is 1.